The van der Waals surface area contributed by atoms with E-state index in [2.05, 4.69) is 10.6 Å². The van der Waals surface area contributed by atoms with Crippen molar-refractivity contribution in [3.63, 3.8) is 0 Å². The number of furan rings is 1. The molecule has 0 saturated carbocycles. The Morgan fingerprint density at radius 1 is 1.42 bits per heavy atom. The Balaban J connectivity index is 1.58. The number of hydrogen-bond acceptors (Lipinski definition) is 5. The summed E-state index contributed by atoms with van der Waals surface area (Å²) in [5, 5.41) is 5.81. The lowest BCUT2D eigenvalue weighted by Crippen LogP contribution is -2.38. The number of likely N-dealkylation sites (N-methyl/N-ethyl adjacent to an activating group) is 1. The highest BCUT2D eigenvalue weighted by atomic mass is 35.5. The molecule has 2 atom stereocenters. The van der Waals surface area contributed by atoms with Crippen molar-refractivity contribution in [3.05, 3.63) is 47.4 Å². The molecular formula is C18H20ClN3O3S. The molecule has 0 spiro atoms. The zero-order valence-electron chi connectivity index (χ0n) is 14.5. The number of hydrogen-bond donors (Lipinski definition) is 2. The summed E-state index contributed by atoms with van der Waals surface area (Å²) in [7, 11) is 3.84. The lowest BCUT2D eigenvalue weighted by Gasteiger charge is -2.25. The Bertz CT molecular complexity index is 795. The summed E-state index contributed by atoms with van der Waals surface area (Å²) in [6, 6.07) is 8.97. The SMILES string of the molecule is CN(C)C(CNC(=O)CC1Sc2ccc(Cl)cc2NC1=O)c1ccco1. The average Bonchev–Trinajstić information content (AvgIpc) is 3.10. The van der Waals surface area contributed by atoms with E-state index in [-0.39, 0.29) is 24.3 Å². The molecule has 2 amide bonds. The molecule has 1 aromatic heterocycles. The monoisotopic (exact) mass is 393 g/mol. The number of nitrogens with zero attached hydrogens (tertiary/aromatic N) is 1. The number of carbonyl (C=O) groups excluding carboxylic acids is 2. The minimum Gasteiger partial charge on any atom is -0.468 e. The number of fused-ring (bicyclic) bond motifs is 1. The second-order valence-electron chi connectivity index (χ2n) is 6.24. The van der Waals surface area contributed by atoms with E-state index in [9.17, 15) is 9.59 Å². The van der Waals surface area contributed by atoms with Gasteiger partial charge in [-0.25, -0.2) is 0 Å². The minimum atomic E-state index is -0.468. The normalized spacial score (nSPS) is 17.5. The van der Waals surface area contributed by atoms with E-state index in [0.717, 1.165) is 10.7 Å². The van der Waals surface area contributed by atoms with Crippen LogP contribution >= 0.6 is 23.4 Å². The van der Waals surface area contributed by atoms with Crippen LogP contribution in [0.5, 0.6) is 0 Å². The Labute approximate surface area is 161 Å². The van der Waals surface area contributed by atoms with Gasteiger partial charge in [0.05, 0.1) is 23.2 Å². The van der Waals surface area contributed by atoms with Crippen molar-refractivity contribution in [2.24, 2.45) is 0 Å². The first-order valence-electron chi connectivity index (χ1n) is 8.17. The fraction of sp³-hybridized carbons (Fsp3) is 0.333. The van der Waals surface area contributed by atoms with Gasteiger partial charge >= 0.3 is 0 Å². The summed E-state index contributed by atoms with van der Waals surface area (Å²) in [6.07, 6.45) is 1.72. The van der Waals surface area contributed by atoms with Crippen molar-refractivity contribution in [2.75, 3.05) is 26.0 Å². The Morgan fingerprint density at radius 3 is 2.92 bits per heavy atom. The third kappa shape index (κ3) is 4.41. The van der Waals surface area contributed by atoms with E-state index in [4.69, 9.17) is 16.0 Å². The fourth-order valence-corrected chi connectivity index (χ4v) is 3.99. The van der Waals surface area contributed by atoms with E-state index < -0.39 is 5.25 Å². The quantitative estimate of drug-likeness (QED) is 0.788. The van der Waals surface area contributed by atoms with Crippen molar-refractivity contribution >= 4 is 40.9 Å². The van der Waals surface area contributed by atoms with Crippen molar-refractivity contribution in [1.82, 2.24) is 10.2 Å². The highest BCUT2D eigenvalue weighted by Gasteiger charge is 2.29. The van der Waals surface area contributed by atoms with Crippen molar-refractivity contribution in [3.8, 4) is 0 Å². The lowest BCUT2D eigenvalue weighted by atomic mass is 10.2. The molecule has 8 heteroatoms. The maximum atomic E-state index is 12.3. The van der Waals surface area contributed by atoms with Gasteiger partial charge in [0.15, 0.2) is 0 Å². The first-order valence-corrected chi connectivity index (χ1v) is 9.43. The number of anilines is 1. The molecule has 138 valence electrons. The average molecular weight is 394 g/mol. The Hall–Kier alpha value is -1.96. The van der Waals surface area contributed by atoms with Gasteiger partial charge in [-0.2, -0.15) is 0 Å². The third-order valence-electron chi connectivity index (χ3n) is 4.12. The first-order chi connectivity index (χ1) is 12.4. The van der Waals surface area contributed by atoms with E-state index in [1.807, 2.05) is 37.2 Å². The van der Waals surface area contributed by atoms with Crippen LogP contribution in [-0.2, 0) is 9.59 Å². The summed E-state index contributed by atoms with van der Waals surface area (Å²) < 4.78 is 5.43. The van der Waals surface area contributed by atoms with Crippen LogP contribution in [0.1, 0.15) is 18.2 Å². The van der Waals surface area contributed by atoms with Crippen LogP contribution in [0.3, 0.4) is 0 Å². The van der Waals surface area contributed by atoms with E-state index in [1.54, 1.807) is 18.4 Å². The number of carbonyl (C=O) groups is 2. The van der Waals surface area contributed by atoms with E-state index in [1.165, 1.54) is 11.8 Å². The molecule has 0 bridgehead atoms. The Kier molecular flexibility index (Phi) is 5.90. The summed E-state index contributed by atoms with van der Waals surface area (Å²) in [6.45, 7) is 0.407. The molecule has 1 aliphatic heterocycles. The maximum Gasteiger partial charge on any atom is 0.238 e. The van der Waals surface area contributed by atoms with Crippen LogP contribution in [0.15, 0.2) is 45.9 Å². The molecule has 1 aromatic carbocycles. The van der Waals surface area contributed by atoms with Gasteiger partial charge in [0.1, 0.15) is 5.76 Å². The summed E-state index contributed by atoms with van der Waals surface area (Å²) in [5.74, 6) is 0.425. The molecule has 3 rings (SSSR count). The van der Waals surface area contributed by atoms with Crippen LogP contribution in [0, 0.1) is 0 Å². The van der Waals surface area contributed by atoms with Gasteiger partial charge in [-0.15, -0.1) is 11.8 Å². The summed E-state index contributed by atoms with van der Waals surface area (Å²) in [5.41, 5.74) is 0.689. The molecule has 1 aliphatic rings. The molecule has 6 nitrogen and oxygen atoms in total. The molecular weight excluding hydrogens is 374 g/mol. The van der Waals surface area contributed by atoms with Crippen LogP contribution in [0.25, 0.3) is 0 Å². The van der Waals surface area contributed by atoms with Gasteiger partial charge in [0.25, 0.3) is 0 Å². The predicted octanol–water partition coefficient (Wildman–Crippen LogP) is 3.16. The molecule has 0 fully saturated rings. The highest BCUT2D eigenvalue weighted by Crippen LogP contribution is 2.38. The predicted molar refractivity (Wildman–Crippen MR) is 102 cm³/mol. The smallest absolute Gasteiger partial charge is 0.238 e. The molecule has 2 heterocycles. The van der Waals surface area contributed by atoms with Crippen molar-refractivity contribution in [1.29, 1.82) is 0 Å². The zero-order valence-corrected chi connectivity index (χ0v) is 16.1. The van der Waals surface area contributed by atoms with Crippen LogP contribution in [-0.4, -0.2) is 42.6 Å². The summed E-state index contributed by atoms with van der Waals surface area (Å²) in [4.78, 5) is 27.5. The van der Waals surface area contributed by atoms with E-state index in [0.29, 0.717) is 17.3 Å². The van der Waals surface area contributed by atoms with Crippen LogP contribution in [0.2, 0.25) is 5.02 Å². The number of halogens is 1. The largest absolute Gasteiger partial charge is 0.468 e. The van der Waals surface area contributed by atoms with Crippen molar-refractivity contribution < 1.29 is 14.0 Å². The Morgan fingerprint density at radius 2 is 2.23 bits per heavy atom. The van der Waals surface area contributed by atoms with Crippen molar-refractivity contribution in [2.45, 2.75) is 22.6 Å². The number of benzene rings is 1. The molecule has 2 unspecified atom stereocenters. The van der Waals surface area contributed by atoms with Gasteiger partial charge in [0, 0.05) is 22.9 Å². The third-order valence-corrected chi connectivity index (χ3v) is 5.63. The second-order valence-corrected chi connectivity index (χ2v) is 7.92. The zero-order chi connectivity index (χ0) is 18.7. The topological polar surface area (TPSA) is 74.6 Å². The van der Waals surface area contributed by atoms with Gasteiger partial charge in [-0.3, -0.25) is 14.5 Å². The first kappa shape index (κ1) is 18.8. The number of amides is 2. The van der Waals surface area contributed by atoms with Crippen LogP contribution < -0.4 is 10.6 Å². The molecule has 0 radical (unpaired) electrons. The minimum absolute atomic E-state index is 0.0651. The number of rotatable bonds is 6. The lowest BCUT2D eigenvalue weighted by molar-refractivity contribution is -0.124. The number of thioether (sulfide) groups is 1. The van der Waals surface area contributed by atoms with Gasteiger partial charge < -0.3 is 15.1 Å². The van der Waals surface area contributed by atoms with Gasteiger partial charge in [-0.1, -0.05) is 11.6 Å². The maximum absolute atomic E-state index is 12.3. The molecule has 0 aliphatic carbocycles. The van der Waals surface area contributed by atoms with Gasteiger partial charge in [0.2, 0.25) is 11.8 Å². The molecule has 2 N–H and O–H groups in total. The molecule has 0 saturated heterocycles. The standard InChI is InChI=1S/C18H20ClN3O3S/c1-22(2)13(14-4-3-7-25-14)10-20-17(23)9-16-18(24)21-12-8-11(19)5-6-15(12)26-16/h3-8,13,16H,9-10H2,1-2H3,(H,20,23)(H,21,24). The fourth-order valence-electron chi connectivity index (χ4n) is 2.73. The summed E-state index contributed by atoms with van der Waals surface area (Å²) >= 11 is 7.33. The number of nitrogens with one attached hydrogen (secondary N) is 2. The van der Waals surface area contributed by atoms with Gasteiger partial charge in [-0.05, 0) is 44.4 Å². The highest BCUT2D eigenvalue weighted by molar-refractivity contribution is 8.01. The molecule has 26 heavy (non-hydrogen) atoms. The molecule has 2 aromatic rings. The van der Waals surface area contributed by atoms with Crippen LogP contribution in [0.4, 0.5) is 5.69 Å². The second kappa shape index (κ2) is 8.16. The van der Waals surface area contributed by atoms with E-state index >= 15 is 0 Å².